The number of nitrogens with zero attached hydrogens (tertiary/aromatic N) is 1. The van der Waals surface area contributed by atoms with Gasteiger partial charge >= 0.3 is 6.09 Å². The molecule has 1 N–H and O–H groups in total. The molecule has 17 heavy (non-hydrogen) atoms. The molecule has 1 aliphatic carbocycles. The van der Waals surface area contributed by atoms with Gasteiger partial charge in [-0.05, 0) is 52.9 Å². The van der Waals surface area contributed by atoms with Crippen molar-refractivity contribution in [3.8, 4) is 0 Å². The van der Waals surface area contributed by atoms with Gasteiger partial charge in [0.15, 0.2) is 0 Å². The van der Waals surface area contributed by atoms with E-state index < -0.39 is 5.60 Å². The zero-order chi connectivity index (χ0) is 12.7. The van der Waals surface area contributed by atoms with Crippen molar-refractivity contribution in [2.45, 2.75) is 70.1 Å². The molecule has 98 valence electrons. The normalized spacial score (nSPS) is 27.1. The first-order valence-electron chi connectivity index (χ1n) is 6.51. The first-order valence-corrected chi connectivity index (χ1v) is 6.51. The van der Waals surface area contributed by atoms with E-state index >= 15 is 0 Å². The second kappa shape index (κ2) is 4.16. The van der Waals surface area contributed by atoms with Gasteiger partial charge in [0.2, 0.25) is 0 Å². The fourth-order valence-corrected chi connectivity index (χ4v) is 2.77. The SMILES string of the molecule is CC(C)(C)OC(=O)N1[C@H](CO)CCCC12CC2. The number of hydrogen-bond acceptors (Lipinski definition) is 3. The first-order chi connectivity index (χ1) is 7.88. The molecule has 1 atom stereocenters. The zero-order valence-electron chi connectivity index (χ0n) is 11.0. The Morgan fingerprint density at radius 2 is 2.06 bits per heavy atom. The minimum absolute atomic E-state index is 0.00792. The van der Waals surface area contributed by atoms with Gasteiger partial charge in [0.1, 0.15) is 5.60 Å². The van der Waals surface area contributed by atoms with Gasteiger partial charge < -0.3 is 9.84 Å². The average molecular weight is 241 g/mol. The molecule has 0 aromatic rings. The lowest BCUT2D eigenvalue weighted by Gasteiger charge is -2.42. The van der Waals surface area contributed by atoms with Crippen LogP contribution in [0.5, 0.6) is 0 Å². The van der Waals surface area contributed by atoms with E-state index in [1.165, 1.54) is 0 Å². The second-order valence-electron chi connectivity index (χ2n) is 6.30. The Bertz CT molecular complexity index is 304. The van der Waals surface area contributed by atoms with Gasteiger partial charge in [0.25, 0.3) is 0 Å². The predicted molar refractivity (Wildman–Crippen MR) is 64.8 cm³/mol. The highest BCUT2D eigenvalue weighted by molar-refractivity contribution is 5.70. The summed E-state index contributed by atoms with van der Waals surface area (Å²) in [5, 5.41) is 9.42. The van der Waals surface area contributed by atoms with E-state index in [2.05, 4.69) is 0 Å². The standard InChI is InChI=1S/C13H23NO3/c1-12(2,3)17-11(16)14-10(9-15)5-4-6-13(14)7-8-13/h10,15H,4-9H2,1-3H3/t10-/m0/s1. The third-order valence-electron chi connectivity index (χ3n) is 3.68. The number of carbonyl (C=O) groups is 1. The minimum atomic E-state index is -0.468. The summed E-state index contributed by atoms with van der Waals surface area (Å²) in [4.78, 5) is 14.1. The molecular formula is C13H23NO3. The number of carbonyl (C=O) groups excluding carboxylic acids is 1. The van der Waals surface area contributed by atoms with Crippen LogP contribution in [0, 0.1) is 0 Å². The molecule has 1 saturated heterocycles. The van der Waals surface area contributed by atoms with E-state index in [0.29, 0.717) is 0 Å². The van der Waals surface area contributed by atoms with Crippen molar-refractivity contribution in [2.24, 2.45) is 0 Å². The number of piperidine rings is 1. The summed E-state index contributed by atoms with van der Waals surface area (Å²) >= 11 is 0. The number of ether oxygens (including phenoxy) is 1. The average Bonchev–Trinajstić information content (AvgIpc) is 2.95. The topological polar surface area (TPSA) is 49.8 Å². The molecule has 1 amide bonds. The van der Waals surface area contributed by atoms with Crippen LogP contribution in [0.25, 0.3) is 0 Å². The molecule has 4 nitrogen and oxygen atoms in total. The summed E-state index contributed by atoms with van der Waals surface area (Å²) in [6.45, 7) is 5.67. The van der Waals surface area contributed by atoms with E-state index in [1.54, 1.807) is 0 Å². The second-order valence-corrected chi connectivity index (χ2v) is 6.30. The summed E-state index contributed by atoms with van der Waals surface area (Å²) in [6, 6.07) is -0.0545. The molecule has 2 fully saturated rings. The number of aliphatic hydroxyl groups excluding tert-OH is 1. The monoisotopic (exact) mass is 241 g/mol. The van der Waals surface area contributed by atoms with Gasteiger partial charge in [-0.3, -0.25) is 4.90 Å². The van der Waals surface area contributed by atoms with Crippen LogP contribution in [-0.4, -0.2) is 39.9 Å². The van der Waals surface area contributed by atoms with E-state index in [1.807, 2.05) is 25.7 Å². The highest BCUT2D eigenvalue weighted by Gasteiger charge is 2.55. The smallest absolute Gasteiger partial charge is 0.411 e. The number of rotatable bonds is 1. The van der Waals surface area contributed by atoms with Crippen molar-refractivity contribution in [2.75, 3.05) is 6.61 Å². The van der Waals surface area contributed by atoms with Crippen molar-refractivity contribution in [1.82, 2.24) is 4.90 Å². The summed E-state index contributed by atoms with van der Waals surface area (Å²) in [5.74, 6) is 0. The van der Waals surface area contributed by atoms with Crippen LogP contribution in [0.3, 0.4) is 0 Å². The molecule has 1 spiro atoms. The highest BCUT2D eigenvalue weighted by Crippen LogP contribution is 2.50. The summed E-state index contributed by atoms with van der Waals surface area (Å²) in [7, 11) is 0. The zero-order valence-corrected chi connectivity index (χ0v) is 11.0. The minimum Gasteiger partial charge on any atom is -0.444 e. The van der Waals surface area contributed by atoms with Crippen molar-refractivity contribution in [3.05, 3.63) is 0 Å². The van der Waals surface area contributed by atoms with Crippen LogP contribution in [0.4, 0.5) is 4.79 Å². The van der Waals surface area contributed by atoms with Crippen molar-refractivity contribution >= 4 is 6.09 Å². The third kappa shape index (κ3) is 2.57. The summed E-state index contributed by atoms with van der Waals surface area (Å²) < 4.78 is 5.46. The lowest BCUT2D eigenvalue weighted by molar-refractivity contribution is -0.0208. The van der Waals surface area contributed by atoms with Crippen LogP contribution in [0.15, 0.2) is 0 Å². The molecular weight excluding hydrogens is 218 g/mol. The van der Waals surface area contributed by atoms with Crippen LogP contribution in [0.2, 0.25) is 0 Å². The van der Waals surface area contributed by atoms with Gasteiger partial charge in [-0.25, -0.2) is 4.79 Å². The highest BCUT2D eigenvalue weighted by atomic mass is 16.6. The van der Waals surface area contributed by atoms with Gasteiger partial charge in [0.05, 0.1) is 12.6 Å². The van der Waals surface area contributed by atoms with E-state index in [0.717, 1.165) is 32.1 Å². The summed E-state index contributed by atoms with van der Waals surface area (Å²) in [5.41, 5.74) is -0.460. The maximum absolute atomic E-state index is 12.2. The Balaban J connectivity index is 2.11. The molecule has 2 aliphatic rings. The molecule has 1 heterocycles. The largest absolute Gasteiger partial charge is 0.444 e. The van der Waals surface area contributed by atoms with Crippen molar-refractivity contribution in [3.63, 3.8) is 0 Å². The maximum Gasteiger partial charge on any atom is 0.411 e. The number of hydrogen-bond donors (Lipinski definition) is 1. The molecule has 1 aliphatic heterocycles. The Morgan fingerprint density at radius 1 is 1.41 bits per heavy atom. The van der Waals surface area contributed by atoms with Gasteiger partial charge in [-0.1, -0.05) is 0 Å². The molecule has 0 aromatic carbocycles. The molecule has 0 aromatic heterocycles. The molecule has 1 saturated carbocycles. The number of amides is 1. The molecule has 0 radical (unpaired) electrons. The fraction of sp³-hybridized carbons (Fsp3) is 0.923. The van der Waals surface area contributed by atoms with Crippen molar-refractivity contribution < 1.29 is 14.6 Å². The predicted octanol–water partition coefficient (Wildman–Crippen LogP) is 2.30. The van der Waals surface area contributed by atoms with Gasteiger partial charge in [-0.15, -0.1) is 0 Å². The van der Waals surface area contributed by atoms with Crippen LogP contribution in [-0.2, 0) is 4.74 Å². The summed E-state index contributed by atoms with van der Waals surface area (Å²) in [6.07, 6.45) is 4.91. The van der Waals surface area contributed by atoms with E-state index in [4.69, 9.17) is 4.74 Å². The fourth-order valence-electron chi connectivity index (χ4n) is 2.77. The molecule has 2 rings (SSSR count). The van der Waals surface area contributed by atoms with Crippen molar-refractivity contribution in [1.29, 1.82) is 0 Å². The lowest BCUT2D eigenvalue weighted by Crippen LogP contribution is -2.54. The Kier molecular flexibility index (Phi) is 3.10. The molecule has 4 heteroatoms. The Morgan fingerprint density at radius 3 is 2.53 bits per heavy atom. The number of likely N-dealkylation sites (tertiary alicyclic amines) is 1. The third-order valence-corrected chi connectivity index (χ3v) is 3.68. The molecule has 0 bridgehead atoms. The van der Waals surface area contributed by atoms with Gasteiger partial charge in [-0.2, -0.15) is 0 Å². The molecule has 0 unspecified atom stereocenters. The van der Waals surface area contributed by atoms with Gasteiger partial charge in [0, 0.05) is 5.54 Å². The van der Waals surface area contributed by atoms with E-state index in [9.17, 15) is 9.90 Å². The Labute approximate surface area is 103 Å². The number of aliphatic hydroxyl groups is 1. The Hall–Kier alpha value is -0.770. The van der Waals surface area contributed by atoms with E-state index in [-0.39, 0.29) is 24.3 Å². The van der Waals surface area contributed by atoms with Crippen LogP contribution < -0.4 is 0 Å². The maximum atomic E-state index is 12.2. The lowest BCUT2D eigenvalue weighted by atomic mass is 9.94. The first kappa shape index (κ1) is 12.7. The van der Waals surface area contributed by atoms with Crippen LogP contribution in [0.1, 0.15) is 52.9 Å². The quantitative estimate of drug-likeness (QED) is 0.766. The van der Waals surface area contributed by atoms with Crippen LogP contribution >= 0.6 is 0 Å².